The molecule has 0 aromatic carbocycles. The Morgan fingerprint density at radius 2 is 0.462 bits per heavy atom. The molecule has 0 unspecified atom stereocenters. The van der Waals surface area contributed by atoms with Gasteiger partial charge in [0.1, 0.15) is 0 Å². The Balaban J connectivity index is -0.00000000720. The zero-order valence-electron chi connectivity index (χ0n) is 5.54. The Kier molecular flexibility index (Phi) is 323. The molecule has 9 nitrogen and oxygen atoms in total. The van der Waals surface area contributed by atoms with Gasteiger partial charge in [-0.3, -0.25) is 0 Å². The van der Waals surface area contributed by atoms with E-state index in [9.17, 15) is 0 Å². The van der Waals surface area contributed by atoms with Gasteiger partial charge in [0.25, 0.3) is 0 Å². The van der Waals surface area contributed by atoms with Crippen molar-refractivity contribution in [2.24, 2.45) is 0 Å². The second kappa shape index (κ2) is 92.1. The molecule has 76 valence electrons. The summed E-state index contributed by atoms with van der Waals surface area (Å²) in [7, 11) is 0. The third kappa shape index (κ3) is 449. The summed E-state index contributed by atoms with van der Waals surface area (Å²) in [6.45, 7) is 0. The van der Waals surface area contributed by atoms with Crippen LogP contribution in [0.2, 0.25) is 0 Å². The predicted molar refractivity (Wildman–Crippen MR) is 14.8 cm³/mol. The van der Waals surface area contributed by atoms with Gasteiger partial charge in [0.15, 0.2) is 0 Å². The molecule has 0 saturated carbocycles. The molecule has 13 heavy (non-hydrogen) atoms. The molecule has 0 aliphatic heterocycles. The summed E-state index contributed by atoms with van der Waals surface area (Å²) in [6.07, 6.45) is 0. The van der Waals surface area contributed by atoms with E-state index < -0.39 is 0 Å². The molecule has 13 heteroatoms. The van der Waals surface area contributed by atoms with Crippen LogP contribution in [-0.2, 0) is 54.1 Å². The minimum atomic E-state index is 0. The number of hydrogen-bond donors (Lipinski definition) is 0. The van der Waals surface area contributed by atoms with Crippen LogP contribution in [0.5, 0.6) is 0 Å². The van der Waals surface area contributed by atoms with Gasteiger partial charge in [0.05, 0.1) is 0 Å². The smallest absolute Gasteiger partial charge is 0.734 e. The number of hydrogen-bond acceptors (Lipinski definition) is 9. The Hall–Kier alpha value is 2.16. The summed E-state index contributed by atoms with van der Waals surface area (Å²) in [5, 5.41) is 52.5. The summed E-state index contributed by atoms with van der Waals surface area (Å²) in [6, 6.07) is 0. The van der Waals surface area contributed by atoms with Crippen molar-refractivity contribution >= 4 is 39.6 Å². The Labute approximate surface area is 124 Å². The Morgan fingerprint density at radius 1 is 0.462 bits per heavy atom. The first-order valence-corrected chi connectivity index (χ1v) is 1.00. The average molecular weight is 486 g/mol. The summed E-state index contributed by atoms with van der Waals surface area (Å²) in [5.74, 6) is 0. The maximum absolute atomic E-state index is 7.88. The van der Waals surface area contributed by atoms with Crippen LogP contribution in [0.4, 0.5) is 0 Å². The van der Waals surface area contributed by atoms with Crippen molar-refractivity contribution in [3.8, 4) is 0 Å². The van der Waals surface area contributed by atoms with Gasteiger partial charge in [0.2, 0.25) is 0 Å². The fourth-order valence-corrected chi connectivity index (χ4v) is 0. The predicted octanol–water partition coefficient (Wildman–Crippen LogP) is -8.11. The van der Waals surface area contributed by atoms with Crippen molar-refractivity contribution in [1.29, 1.82) is 0 Å². The fourth-order valence-electron chi connectivity index (χ4n) is 0. The van der Waals surface area contributed by atoms with E-state index in [-0.39, 0.29) is 78.5 Å². The van der Waals surface area contributed by atoms with E-state index in [1.165, 1.54) is 0 Å². The minimum Gasteiger partial charge on any atom is -0.734 e. The topological polar surface area (TPSA) is 166 Å². The van der Waals surface area contributed by atoms with Gasteiger partial charge < -0.3 is 46.7 Å². The van der Waals surface area contributed by atoms with Crippen molar-refractivity contribution < 1.29 is 85.6 Å². The SMILES string of the molecule is [Ga+3].[Ga+3].[O-]O[O-].[O-]O[O-].[O-]O[O-].[Ru].[Ru]. The molecule has 0 spiro atoms. The molecule has 0 aromatic rings. The van der Waals surface area contributed by atoms with Crippen LogP contribution in [0.3, 0.4) is 0 Å². The first-order chi connectivity index (χ1) is 4.24. The van der Waals surface area contributed by atoms with E-state index in [0.29, 0.717) is 0 Å². The van der Waals surface area contributed by atoms with E-state index in [1.54, 1.807) is 15.1 Å². The molecular weight excluding hydrogens is 486 g/mol. The van der Waals surface area contributed by atoms with Crippen molar-refractivity contribution in [3.63, 3.8) is 0 Å². The van der Waals surface area contributed by atoms with E-state index in [1.807, 2.05) is 0 Å². The van der Waals surface area contributed by atoms with Crippen LogP contribution >= 0.6 is 0 Å². The van der Waals surface area contributed by atoms with Crippen LogP contribution in [0.25, 0.3) is 0 Å². The summed E-state index contributed by atoms with van der Waals surface area (Å²) in [5.41, 5.74) is 0. The normalized spacial score (nSPS) is 4.15. The fraction of sp³-hybridized carbons (Fsp3) is 0. The summed E-state index contributed by atoms with van der Waals surface area (Å²) in [4.78, 5) is 0. The maximum atomic E-state index is 7.88. The van der Waals surface area contributed by atoms with Crippen molar-refractivity contribution in [2.45, 2.75) is 0 Å². The van der Waals surface area contributed by atoms with Crippen molar-refractivity contribution in [2.75, 3.05) is 0 Å². The van der Waals surface area contributed by atoms with E-state index in [0.717, 1.165) is 0 Å². The van der Waals surface area contributed by atoms with Crippen LogP contribution in [0.15, 0.2) is 0 Å². The Morgan fingerprint density at radius 3 is 0.462 bits per heavy atom. The average Bonchev–Trinajstić information content (AvgIpc) is 1.70. The third-order valence-corrected chi connectivity index (χ3v) is 0. The molecule has 0 amide bonds. The van der Waals surface area contributed by atoms with Crippen molar-refractivity contribution in [1.82, 2.24) is 0 Å². The molecule has 0 aliphatic carbocycles. The molecule has 0 rings (SSSR count). The minimum absolute atomic E-state index is 0. The Bertz CT molecular complexity index is 20.3. The molecule has 0 radical (unpaired) electrons. The summed E-state index contributed by atoms with van der Waals surface area (Å²) < 4.78 is 0. The second-order valence-corrected chi connectivity index (χ2v) is 0.204. The van der Waals surface area contributed by atoms with Gasteiger partial charge in [0, 0.05) is 39.0 Å². The van der Waals surface area contributed by atoms with Gasteiger partial charge in [-0.1, -0.05) is 0 Å². The molecule has 0 N–H and O–H groups in total. The maximum Gasteiger partial charge on any atom is 3.00 e. The molecular formula is Ga2O9Ru2. The van der Waals surface area contributed by atoms with Crippen LogP contribution in [0, 0.1) is 0 Å². The molecule has 0 aliphatic rings. The zero-order valence-corrected chi connectivity index (χ0v) is 13.9. The standard InChI is InChI=1S/2Ga.3H2O3.2Ru/c;;3*1-3-2;;/h;;3*1-2H;;/q2*+3;;;;;/p-6. The molecule has 0 bridgehead atoms. The molecule has 0 fully saturated rings. The van der Waals surface area contributed by atoms with Crippen LogP contribution in [-0.4, -0.2) is 39.6 Å². The third-order valence-electron chi connectivity index (χ3n) is 0. The molecule has 0 atom stereocenters. The van der Waals surface area contributed by atoms with Crippen LogP contribution in [0.1, 0.15) is 0 Å². The largest absolute Gasteiger partial charge is 3.00 e. The monoisotopic (exact) mass is 486 g/mol. The van der Waals surface area contributed by atoms with Crippen LogP contribution < -0.4 is 31.5 Å². The molecule has 0 saturated heterocycles. The number of rotatable bonds is 0. The van der Waals surface area contributed by atoms with E-state index in [2.05, 4.69) is 0 Å². The van der Waals surface area contributed by atoms with E-state index >= 15 is 0 Å². The van der Waals surface area contributed by atoms with E-state index in [4.69, 9.17) is 31.5 Å². The van der Waals surface area contributed by atoms with Gasteiger partial charge in [-0.05, 0) is 0 Å². The zero-order chi connectivity index (χ0) is 8.12. The first-order valence-electron chi connectivity index (χ1n) is 1.00. The van der Waals surface area contributed by atoms with Gasteiger partial charge >= 0.3 is 39.6 Å². The van der Waals surface area contributed by atoms with Gasteiger partial charge in [-0.15, -0.1) is 0 Å². The van der Waals surface area contributed by atoms with Gasteiger partial charge in [-0.25, -0.2) is 0 Å². The quantitative estimate of drug-likeness (QED) is 0.184. The molecule has 0 aromatic heterocycles. The second-order valence-electron chi connectivity index (χ2n) is 0.204. The van der Waals surface area contributed by atoms with Crippen molar-refractivity contribution in [3.05, 3.63) is 0 Å². The summed E-state index contributed by atoms with van der Waals surface area (Å²) >= 11 is 0. The first kappa shape index (κ1) is 45.7. The van der Waals surface area contributed by atoms with Gasteiger partial charge in [-0.2, -0.15) is 0 Å². The molecule has 0 heterocycles.